The van der Waals surface area contributed by atoms with Crippen LogP contribution in [-0.2, 0) is 11.2 Å². The molecule has 0 bridgehead atoms. The number of halogens is 1. The van der Waals surface area contributed by atoms with Crippen LogP contribution in [0.3, 0.4) is 0 Å². The third-order valence-electron chi connectivity index (χ3n) is 4.44. The molecule has 3 nitrogen and oxygen atoms in total. The fourth-order valence-corrected chi connectivity index (χ4v) is 3.18. The van der Waals surface area contributed by atoms with E-state index in [1.54, 1.807) is 12.1 Å². The zero-order valence-electron chi connectivity index (χ0n) is 13.5. The van der Waals surface area contributed by atoms with Gasteiger partial charge in [-0.1, -0.05) is 25.5 Å². The van der Waals surface area contributed by atoms with Gasteiger partial charge < -0.3 is 10.2 Å². The lowest BCUT2D eigenvalue weighted by molar-refractivity contribution is -0.120. The summed E-state index contributed by atoms with van der Waals surface area (Å²) in [5, 5.41) is 2.96. The number of piperidine rings is 1. The molecule has 122 valence electrons. The van der Waals surface area contributed by atoms with Gasteiger partial charge in [0.2, 0.25) is 5.91 Å². The van der Waals surface area contributed by atoms with E-state index in [-0.39, 0.29) is 11.7 Å². The van der Waals surface area contributed by atoms with Crippen molar-refractivity contribution < 1.29 is 9.18 Å². The Morgan fingerprint density at radius 1 is 1.32 bits per heavy atom. The van der Waals surface area contributed by atoms with Crippen molar-refractivity contribution in [3.63, 3.8) is 0 Å². The summed E-state index contributed by atoms with van der Waals surface area (Å²) in [6, 6.07) is 6.83. The zero-order valence-corrected chi connectivity index (χ0v) is 13.5. The Morgan fingerprint density at radius 3 is 2.82 bits per heavy atom. The SMILES string of the molecule is CC[C@@H]1CCCCN1CCCNC(=O)Cc1ccc(F)cc1. The lowest BCUT2D eigenvalue weighted by Crippen LogP contribution is -2.40. The fourth-order valence-electron chi connectivity index (χ4n) is 3.18. The van der Waals surface area contributed by atoms with E-state index >= 15 is 0 Å². The Bertz CT molecular complexity index is 461. The molecule has 1 heterocycles. The second-order valence-electron chi connectivity index (χ2n) is 6.10. The van der Waals surface area contributed by atoms with E-state index in [0.717, 1.165) is 24.6 Å². The molecule has 1 N–H and O–H groups in total. The number of rotatable bonds is 7. The van der Waals surface area contributed by atoms with Crippen molar-refractivity contribution in [2.75, 3.05) is 19.6 Å². The van der Waals surface area contributed by atoms with Crippen molar-refractivity contribution in [2.45, 2.75) is 51.5 Å². The molecule has 1 atom stereocenters. The predicted molar refractivity (Wildman–Crippen MR) is 87.2 cm³/mol. The van der Waals surface area contributed by atoms with Crippen molar-refractivity contribution in [2.24, 2.45) is 0 Å². The number of carbonyl (C=O) groups excluding carboxylic acids is 1. The topological polar surface area (TPSA) is 32.3 Å². The molecule has 1 aromatic rings. The molecule has 1 aliphatic heterocycles. The Kier molecular flexibility index (Phi) is 6.84. The minimum absolute atomic E-state index is 0.0114. The maximum absolute atomic E-state index is 12.8. The number of carbonyl (C=O) groups is 1. The van der Waals surface area contributed by atoms with Crippen molar-refractivity contribution in [1.29, 1.82) is 0 Å². The molecule has 0 radical (unpaired) electrons. The van der Waals surface area contributed by atoms with Crippen LogP contribution in [0.25, 0.3) is 0 Å². The molecule has 1 aromatic carbocycles. The summed E-state index contributed by atoms with van der Waals surface area (Å²) in [6.45, 7) is 5.23. The molecule has 0 unspecified atom stereocenters. The first kappa shape index (κ1) is 16.9. The highest BCUT2D eigenvalue weighted by Gasteiger charge is 2.19. The quantitative estimate of drug-likeness (QED) is 0.785. The number of hydrogen-bond donors (Lipinski definition) is 1. The number of nitrogens with zero attached hydrogens (tertiary/aromatic N) is 1. The summed E-state index contributed by atoms with van der Waals surface area (Å²) in [6.07, 6.45) is 6.49. The van der Waals surface area contributed by atoms with E-state index in [1.165, 1.54) is 44.4 Å². The van der Waals surface area contributed by atoms with Crippen LogP contribution in [-0.4, -0.2) is 36.5 Å². The lowest BCUT2D eigenvalue weighted by atomic mass is 10.00. The molecule has 0 saturated carbocycles. The minimum Gasteiger partial charge on any atom is -0.356 e. The van der Waals surface area contributed by atoms with Gasteiger partial charge >= 0.3 is 0 Å². The third-order valence-corrected chi connectivity index (χ3v) is 4.44. The predicted octanol–water partition coefficient (Wildman–Crippen LogP) is 3.14. The molecule has 0 aliphatic carbocycles. The van der Waals surface area contributed by atoms with Crippen LogP contribution >= 0.6 is 0 Å². The standard InChI is InChI=1S/C18H27FN2O/c1-2-17-6-3-4-12-21(17)13-5-11-20-18(22)14-15-7-9-16(19)10-8-15/h7-10,17H,2-6,11-14H2,1H3,(H,20,22)/t17-/m1/s1. The molecular formula is C18H27FN2O. The summed E-state index contributed by atoms with van der Waals surface area (Å²) in [5.74, 6) is -0.256. The maximum atomic E-state index is 12.8. The number of benzene rings is 1. The normalized spacial score (nSPS) is 19.1. The van der Waals surface area contributed by atoms with Gasteiger partial charge in [0.1, 0.15) is 5.82 Å². The summed E-state index contributed by atoms with van der Waals surface area (Å²) < 4.78 is 12.8. The van der Waals surface area contributed by atoms with Crippen molar-refractivity contribution >= 4 is 5.91 Å². The summed E-state index contributed by atoms with van der Waals surface area (Å²) >= 11 is 0. The Hall–Kier alpha value is -1.42. The van der Waals surface area contributed by atoms with Crippen molar-refractivity contribution in [3.05, 3.63) is 35.6 Å². The average molecular weight is 306 g/mol. The Balaban J connectivity index is 1.63. The van der Waals surface area contributed by atoms with Crippen LogP contribution in [0.15, 0.2) is 24.3 Å². The number of nitrogens with one attached hydrogen (secondary N) is 1. The molecule has 0 aromatic heterocycles. The fraction of sp³-hybridized carbons (Fsp3) is 0.611. The maximum Gasteiger partial charge on any atom is 0.224 e. The smallest absolute Gasteiger partial charge is 0.224 e. The van der Waals surface area contributed by atoms with Gasteiger partial charge in [-0.3, -0.25) is 4.79 Å². The van der Waals surface area contributed by atoms with Gasteiger partial charge in [-0.05, 0) is 49.9 Å². The molecular weight excluding hydrogens is 279 g/mol. The first-order valence-electron chi connectivity index (χ1n) is 8.44. The lowest BCUT2D eigenvalue weighted by Gasteiger charge is -2.35. The summed E-state index contributed by atoms with van der Waals surface area (Å²) in [4.78, 5) is 14.4. The minimum atomic E-state index is -0.267. The van der Waals surface area contributed by atoms with Gasteiger partial charge in [0.05, 0.1) is 6.42 Å². The molecule has 1 amide bonds. The van der Waals surface area contributed by atoms with Gasteiger partial charge in [0.15, 0.2) is 0 Å². The number of hydrogen-bond acceptors (Lipinski definition) is 2. The average Bonchev–Trinajstić information content (AvgIpc) is 2.54. The van der Waals surface area contributed by atoms with Crippen molar-refractivity contribution in [1.82, 2.24) is 10.2 Å². The van der Waals surface area contributed by atoms with Crippen LogP contribution in [0, 0.1) is 5.82 Å². The molecule has 0 spiro atoms. The summed E-state index contributed by atoms with van der Waals surface area (Å²) in [7, 11) is 0. The highest BCUT2D eigenvalue weighted by molar-refractivity contribution is 5.78. The molecule has 2 rings (SSSR count). The number of likely N-dealkylation sites (tertiary alicyclic amines) is 1. The van der Waals surface area contributed by atoms with E-state index in [4.69, 9.17) is 0 Å². The van der Waals surface area contributed by atoms with E-state index in [1.807, 2.05) is 0 Å². The molecule has 1 saturated heterocycles. The first-order chi connectivity index (χ1) is 10.7. The molecule has 1 aliphatic rings. The van der Waals surface area contributed by atoms with Crippen LogP contribution < -0.4 is 5.32 Å². The van der Waals surface area contributed by atoms with Gasteiger partial charge in [-0.2, -0.15) is 0 Å². The molecule has 1 fully saturated rings. The van der Waals surface area contributed by atoms with Crippen LogP contribution in [0.2, 0.25) is 0 Å². The Morgan fingerprint density at radius 2 is 2.09 bits per heavy atom. The summed E-state index contributed by atoms with van der Waals surface area (Å²) in [5.41, 5.74) is 0.848. The highest BCUT2D eigenvalue weighted by Crippen LogP contribution is 2.19. The Labute approximate surface area is 132 Å². The van der Waals surface area contributed by atoms with E-state index in [2.05, 4.69) is 17.1 Å². The van der Waals surface area contributed by atoms with Crippen LogP contribution in [0.4, 0.5) is 4.39 Å². The number of amides is 1. The molecule has 22 heavy (non-hydrogen) atoms. The van der Waals surface area contributed by atoms with Crippen molar-refractivity contribution in [3.8, 4) is 0 Å². The van der Waals surface area contributed by atoms with Crippen LogP contribution in [0.5, 0.6) is 0 Å². The highest BCUT2D eigenvalue weighted by atomic mass is 19.1. The van der Waals surface area contributed by atoms with E-state index in [9.17, 15) is 9.18 Å². The second-order valence-corrected chi connectivity index (χ2v) is 6.10. The van der Waals surface area contributed by atoms with Crippen LogP contribution in [0.1, 0.15) is 44.6 Å². The van der Waals surface area contributed by atoms with Gasteiger partial charge in [-0.15, -0.1) is 0 Å². The largest absolute Gasteiger partial charge is 0.356 e. The molecule has 4 heteroatoms. The van der Waals surface area contributed by atoms with E-state index < -0.39 is 0 Å². The third kappa shape index (κ3) is 5.41. The monoisotopic (exact) mass is 306 g/mol. The van der Waals surface area contributed by atoms with Gasteiger partial charge in [0.25, 0.3) is 0 Å². The van der Waals surface area contributed by atoms with Gasteiger partial charge in [-0.25, -0.2) is 4.39 Å². The van der Waals surface area contributed by atoms with E-state index in [0.29, 0.717) is 13.0 Å². The first-order valence-corrected chi connectivity index (χ1v) is 8.44. The van der Waals surface area contributed by atoms with Gasteiger partial charge in [0, 0.05) is 19.1 Å². The second kappa shape index (κ2) is 8.89. The zero-order chi connectivity index (χ0) is 15.8.